The number of nitrogens with zero attached hydrogens (tertiary/aromatic N) is 1. The molecule has 0 aromatic heterocycles. The summed E-state index contributed by atoms with van der Waals surface area (Å²) in [4.78, 5) is 10.3. The first-order valence-corrected chi connectivity index (χ1v) is 5.32. The Bertz CT molecular complexity index is 393. The summed E-state index contributed by atoms with van der Waals surface area (Å²) in [7, 11) is 0. The number of benzene rings is 1. The minimum Gasteiger partial charge on any atom is -0.492 e. The third kappa shape index (κ3) is 4.28. The number of nitro groups is 1. The van der Waals surface area contributed by atoms with Crippen molar-refractivity contribution in [3.63, 3.8) is 0 Å². The molecule has 0 aliphatic carbocycles. The van der Waals surface area contributed by atoms with Crippen molar-refractivity contribution in [2.45, 2.75) is 20.0 Å². The van der Waals surface area contributed by atoms with Gasteiger partial charge in [0.1, 0.15) is 18.1 Å². The molecule has 0 aliphatic rings. The van der Waals surface area contributed by atoms with Crippen molar-refractivity contribution in [1.29, 1.82) is 0 Å². The molecule has 1 aromatic rings. The fourth-order valence-electron chi connectivity index (χ4n) is 1.26. The minimum atomic E-state index is -0.484. The average Bonchev–Trinajstić information content (AvgIpc) is 2.25. The third-order valence-electron chi connectivity index (χ3n) is 1.83. The van der Waals surface area contributed by atoms with Crippen molar-refractivity contribution in [3.05, 3.63) is 28.3 Å². The van der Waals surface area contributed by atoms with E-state index in [0.29, 0.717) is 24.7 Å². The van der Waals surface area contributed by atoms with Crippen molar-refractivity contribution in [2.75, 3.05) is 13.2 Å². The highest BCUT2D eigenvalue weighted by atomic mass is 16.6. The Hall–Kier alpha value is -1.82. The van der Waals surface area contributed by atoms with Crippen LogP contribution in [0.4, 0.5) is 5.69 Å². The van der Waals surface area contributed by atoms with E-state index in [9.17, 15) is 10.1 Å². The first-order valence-electron chi connectivity index (χ1n) is 5.32. The molecule has 2 N–H and O–H groups in total. The first kappa shape index (κ1) is 13.2. The van der Waals surface area contributed by atoms with E-state index in [0.717, 1.165) is 0 Å². The Morgan fingerprint density at radius 2 is 2.00 bits per heavy atom. The number of nitro benzene ring substituents is 1. The number of nitrogens with two attached hydrogens (primary N) is 1. The molecule has 1 aromatic carbocycles. The van der Waals surface area contributed by atoms with Crippen LogP contribution < -0.4 is 15.2 Å². The largest absolute Gasteiger partial charge is 0.492 e. The monoisotopic (exact) mass is 240 g/mol. The highest BCUT2D eigenvalue weighted by Crippen LogP contribution is 2.28. The van der Waals surface area contributed by atoms with Gasteiger partial charge in [-0.15, -0.1) is 0 Å². The summed E-state index contributed by atoms with van der Waals surface area (Å²) in [6.07, 6.45) is -0.0561. The molecule has 0 saturated carbocycles. The van der Waals surface area contributed by atoms with Crippen LogP contribution in [0, 0.1) is 10.1 Å². The number of rotatable bonds is 6. The Morgan fingerprint density at radius 1 is 1.35 bits per heavy atom. The van der Waals surface area contributed by atoms with E-state index in [-0.39, 0.29) is 11.8 Å². The van der Waals surface area contributed by atoms with Gasteiger partial charge in [0.05, 0.1) is 23.2 Å². The van der Waals surface area contributed by atoms with Gasteiger partial charge in [0, 0.05) is 12.6 Å². The molecule has 0 radical (unpaired) electrons. The maximum Gasteiger partial charge on any atom is 0.276 e. The number of hydrogen-bond acceptors (Lipinski definition) is 5. The third-order valence-corrected chi connectivity index (χ3v) is 1.83. The van der Waals surface area contributed by atoms with Crippen LogP contribution in [0.1, 0.15) is 13.8 Å². The molecule has 0 spiro atoms. The fourth-order valence-corrected chi connectivity index (χ4v) is 1.26. The van der Waals surface area contributed by atoms with Crippen molar-refractivity contribution < 1.29 is 14.4 Å². The number of ether oxygens (including phenoxy) is 2. The van der Waals surface area contributed by atoms with Crippen LogP contribution in [0.15, 0.2) is 18.2 Å². The highest BCUT2D eigenvalue weighted by molar-refractivity contribution is 5.46. The van der Waals surface area contributed by atoms with Crippen LogP contribution in [0.5, 0.6) is 11.5 Å². The molecule has 0 unspecified atom stereocenters. The van der Waals surface area contributed by atoms with E-state index in [1.807, 2.05) is 13.8 Å². The lowest BCUT2D eigenvalue weighted by atomic mass is 10.3. The second-order valence-electron chi connectivity index (χ2n) is 3.72. The SMILES string of the molecule is CC(C)Oc1cc(OCCN)cc([N+](=O)[O-])c1. The van der Waals surface area contributed by atoms with E-state index in [1.54, 1.807) is 6.07 Å². The highest BCUT2D eigenvalue weighted by Gasteiger charge is 2.12. The molecular weight excluding hydrogens is 224 g/mol. The summed E-state index contributed by atoms with van der Waals surface area (Å²) in [6, 6.07) is 4.33. The van der Waals surface area contributed by atoms with E-state index < -0.39 is 4.92 Å². The molecule has 0 amide bonds. The molecule has 0 saturated heterocycles. The molecule has 0 fully saturated rings. The zero-order chi connectivity index (χ0) is 12.8. The number of hydrogen-bond donors (Lipinski definition) is 1. The summed E-state index contributed by atoms with van der Waals surface area (Å²) in [6.45, 7) is 4.35. The molecule has 1 rings (SSSR count). The normalized spacial score (nSPS) is 10.4. The molecular formula is C11H16N2O4. The minimum absolute atomic E-state index is 0.0561. The van der Waals surface area contributed by atoms with Crippen molar-refractivity contribution in [1.82, 2.24) is 0 Å². The second kappa shape index (κ2) is 6.05. The standard InChI is InChI=1S/C11H16N2O4/c1-8(2)17-11-6-9(13(14)15)5-10(7-11)16-4-3-12/h5-8H,3-4,12H2,1-2H3. The molecule has 17 heavy (non-hydrogen) atoms. The van der Waals surface area contributed by atoms with Gasteiger partial charge in [-0.1, -0.05) is 0 Å². The van der Waals surface area contributed by atoms with E-state index in [1.165, 1.54) is 12.1 Å². The second-order valence-corrected chi connectivity index (χ2v) is 3.72. The van der Waals surface area contributed by atoms with Crippen LogP contribution in [0.25, 0.3) is 0 Å². The lowest BCUT2D eigenvalue weighted by molar-refractivity contribution is -0.385. The summed E-state index contributed by atoms with van der Waals surface area (Å²) < 4.78 is 10.7. The van der Waals surface area contributed by atoms with Crippen molar-refractivity contribution in [3.8, 4) is 11.5 Å². The summed E-state index contributed by atoms with van der Waals surface area (Å²) in [5.41, 5.74) is 5.24. The molecule has 0 bridgehead atoms. The molecule has 0 heterocycles. The summed E-state index contributed by atoms with van der Waals surface area (Å²) >= 11 is 0. The van der Waals surface area contributed by atoms with Crippen molar-refractivity contribution in [2.24, 2.45) is 5.73 Å². The van der Waals surface area contributed by atoms with Crippen LogP contribution >= 0.6 is 0 Å². The Kier molecular flexibility index (Phi) is 4.71. The Balaban J connectivity index is 2.96. The lowest BCUT2D eigenvalue weighted by Crippen LogP contribution is -2.11. The average molecular weight is 240 g/mol. The van der Waals surface area contributed by atoms with Gasteiger partial charge in [-0.05, 0) is 13.8 Å². The van der Waals surface area contributed by atoms with Gasteiger partial charge in [0.15, 0.2) is 0 Å². The van der Waals surface area contributed by atoms with Crippen LogP contribution in [0.2, 0.25) is 0 Å². The molecule has 6 heteroatoms. The quantitative estimate of drug-likeness (QED) is 0.604. The van der Waals surface area contributed by atoms with E-state index >= 15 is 0 Å². The zero-order valence-corrected chi connectivity index (χ0v) is 9.88. The van der Waals surface area contributed by atoms with Crippen molar-refractivity contribution >= 4 is 5.69 Å². The van der Waals surface area contributed by atoms with E-state index in [2.05, 4.69) is 0 Å². The molecule has 6 nitrogen and oxygen atoms in total. The fraction of sp³-hybridized carbons (Fsp3) is 0.455. The summed E-state index contributed by atoms with van der Waals surface area (Å²) in [5, 5.41) is 10.7. The smallest absolute Gasteiger partial charge is 0.276 e. The Labute approximate surface area is 99.5 Å². The zero-order valence-electron chi connectivity index (χ0n) is 9.88. The number of non-ortho nitro benzene ring substituents is 1. The molecule has 0 atom stereocenters. The molecule has 0 aliphatic heterocycles. The maximum atomic E-state index is 10.7. The maximum absolute atomic E-state index is 10.7. The molecule has 94 valence electrons. The Morgan fingerprint density at radius 3 is 2.53 bits per heavy atom. The summed E-state index contributed by atoms with van der Waals surface area (Å²) in [5.74, 6) is 0.807. The van der Waals surface area contributed by atoms with Gasteiger partial charge in [-0.3, -0.25) is 10.1 Å². The predicted octanol–water partition coefficient (Wildman–Crippen LogP) is 1.72. The lowest BCUT2D eigenvalue weighted by Gasteiger charge is -2.11. The predicted molar refractivity (Wildman–Crippen MR) is 63.4 cm³/mol. The first-order chi connectivity index (χ1) is 8.02. The van der Waals surface area contributed by atoms with Gasteiger partial charge in [-0.25, -0.2) is 0 Å². The van der Waals surface area contributed by atoms with Crippen LogP contribution in [-0.4, -0.2) is 24.2 Å². The van der Waals surface area contributed by atoms with Crippen LogP contribution in [0.3, 0.4) is 0 Å². The van der Waals surface area contributed by atoms with Gasteiger partial charge >= 0.3 is 0 Å². The van der Waals surface area contributed by atoms with Gasteiger partial charge < -0.3 is 15.2 Å². The van der Waals surface area contributed by atoms with Crippen LogP contribution in [-0.2, 0) is 0 Å². The van der Waals surface area contributed by atoms with Gasteiger partial charge in [0.25, 0.3) is 5.69 Å². The van der Waals surface area contributed by atoms with Gasteiger partial charge in [-0.2, -0.15) is 0 Å². The van der Waals surface area contributed by atoms with Gasteiger partial charge in [0.2, 0.25) is 0 Å². The van der Waals surface area contributed by atoms with E-state index in [4.69, 9.17) is 15.2 Å². The topological polar surface area (TPSA) is 87.6 Å².